The molecule has 2 amide bonds. The van der Waals surface area contributed by atoms with Gasteiger partial charge in [-0.2, -0.15) is 0 Å². The molecule has 36 heavy (non-hydrogen) atoms. The fraction of sp³-hybridized carbons (Fsp3) is 0.280. The summed E-state index contributed by atoms with van der Waals surface area (Å²) in [5.74, 6) is 0.913. The van der Waals surface area contributed by atoms with Gasteiger partial charge in [0.25, 0.3) is 11.8 Å². The Labute approximate surface area is 208 Å². The van der Waals surface area contributed by atoms with Crippen molar-refractivity contribution in [1.29, 1.82) is 0 Å². The lowest BCUT2D eigenvalue weighted by molar-refractivity contribution is 0.0793. The highest BCUT2D eigenvalue weighted by molar-refractivity contribution is 5.96. The maximum atomic E-state index is 12.7. The van der Waals surface area contributed by atoms with Gasteiger partial charge in [0.15, 0.2) is 11.5 Å². The van der Waals surface area contributed by atoms with Crippen molar-refractivity contribution in [2.75, 3.05) is 37.8 Å². The molecule has 4 rings (SSSR count). The fourth-order valence-corrected chi connectivity index (χ4v) is 3.87. The van der Waals surface area contributed by atoms with Crippen LogP contribution in [0.5, 0.6) is 0 Å². The van der Waals surface area contributed by atoms with Gasteiger partial charge in [-0.1, -0.05) is 18.2 Å². The van der Waals surface area contributed by atoms with E-state index in [9.17, 15) is 9.59 Å². The van der Waals surface area contributed by atoms with Gasteiger partial charge in [0, 0.05) is 57.1 Å². The van der Waals surface area contributed by atoms with Gasteiger partial charge in [0.05, 0.1) is 11.7 Å². The molecular weight excluding hydrogens is 458 g/mol. The zero-order valence-electron chi connectivity index (χ0n) is 20.7. The number of carbonyl (C=O) groups excluding carboxylic acids is 2. The van der Waals surface area contributed by atoms with E-state index < -0.39 is 5.91 Å². The van der Waals surface area contributed by atoms with Crippen molar-refractivity contribution < 1.29 is 9.59 Å². The van der Waals surface area contributed by atoms with Crippen molar-refractivity contribution in [3.63, 3.8) is 0 Å². The highest BCUT2D eigenvalue weighted by Gasteiger charge is 2.18. The van der Waals surface area contributed by atoms with Crippen LogP contribution in [0.1, 0.15) is 37.9 Å². The second kappa shape index (κ2) is 10.4. The first-order valence-electron chi connectivity index (χ1n) is 11.5. The van der Waals surface area contributed by atoms with Crippen LogP contribution in [0.4, 0.5) is 11.6 Å². The SMILES string of the molecule is Cc1ncc(C(=O)N(C)CCN(C)c2nc3c(C)cccc3cc2CNC(=O)c2nccnc2N)[nH]1. The molecule has 0 fully saturated rings. The Bertz CT molecular complexity index is 1420. The molecule has 1 aromatic carbocycles. The Kier molecular flexibility index (Phi) is 7.09. The first-order valence-corrected chi connectivity index (χ1v) is 11.5. The predicted molar refractivity (Wildman–Crippen MR) is 138 cm³/mol. The topological polar surface area (TPSA) is 146 Å². The van der Waals surface area contributed by atoms with Gasteiger partial charge in [-0.15, -0.1) is 0 Å². The molecule has 0 spiro atoms. The highest BCUT2D eigenvalue weighted by atomic mass is 16.2. The third-order valence-electron chi connectivity index (χ3n) is 5.90. The predicted octanol–water partition coefficient (Wildman–Crippen LogP) is 2.09. The summed E-state index contributed by atoms with van der Waals surface area (Å²) in [5, 5.41) is 3.84. The number of carbonyl (C=O) groups is 2. The van der Waals surface area contributed by atoms with Gasteiger partial charge in [-0.3, -0.25) is 9.59 Å². The number of pyridine rings is 1. The van der Waals surface area contributed by atoms with Gasteiger partial charge >= 0.3 is 0 Å². The Hall–Kier alpha value is -4.54. The number of hydrogen-bond acceptors (Lipinski definition) is 8. The summed E-state index contributed by atoms with van der Waals surface area (Å²) in [7, 11) is 3.66. The molecule has 3 heterocycles. The highest BCUT2D eigenvalue weighted by Crippen LogP contribution is 2.25. The first kappa shape index (κ1) is 24.6. The Morgan fingerprint density at radius 3 is 2.58 bits per heavy atom. The molecule has 4 aromatic rings. The number of nitrogens with two attached hydrogens (primary N) is 1. The molecule has 0 atom stereocenters. The maximum absolute atomic E-state index is 12.7. The molecule has 3 aromatic heterocycles. The van der Waals surface area contributed by atoms with Crippen molar-refractivity contribution >= 4 is 34.4 Å². The second-order valence-corrected chi connectivity index (χ2v) is 8.62. The molecule has 11 heteroatoms. The van der Waals surface area contributed by atoms with Gasteiger partial charge in [-0.25, -0.2) is 19.9 Å². The molecule has 0 radical (unpaired) electrons. The number of aryl methyl sites for hydroxylation is 2. The average molecular weight is 488 g/mol. The summed E-state index contributed by atoms with van der Waals surface area (Å²) in [5.41, 5.74) is 9.08. The van der Waals surface area contributed by atoms with Gasteiger partial charge in [0.1, 0.15) is 17.3 Å². The van der Waals surface area contributed by atoms with E-state index in [1.165, 1.54) is 18.6 Å². The zero-order valence-corrected chi connectivity index (χ0v) is 20.7. The first-order chi connectivity index (χ1) is 17.2. The number of anilines is 2. The van der Waals surface area contributed by atoms with Gasteiger partial charge in [0.2, 0.25) is 0 Å². The number of para-hydroxylation sites is 1. The Morgan fingerprint density at radius 2 is 1.86 bits per heavy atom. The van der Waals surface area contributed by atoms with Crippen LogP contribution in [0.3, 0.4) is 0 Å². The van der Waals surface area contributed by atoms with Crippen LogP contribution in [-0.4, -0.2) is 68.8 Å². The average Bonchev–Trinajstić information content (AvgIpc) is 3.31. The maximum Gasteiger partial charge on any atom is 0.273 e. The van der Waals surface area contributed by atoms with Crippen LogP contribution in [0.2, 0.25) is 0 Å². The lowest BCUT2D eigenvalue weighted by atomic mass is 10.1. The normalized spacial score (nSPS) is 10.9. The van der Waals surface area contributed by atoms with E-state index in [0.29, 0.717) is 30.4 Å². The van der Waals surface area contributed by atoms with Crippen LogP contribution in [-0.2, 0) is 6.54 Å². The number of rotatable bonds is 8. The van der Waals surface area contributed by atoms with Crippen LogP contribution in [0, 0.1) is 13.8 Å². The number of aromatic amines is 1. The number of likely N-dealkylation sites (N-methyl/N-ethyl adjacent to an activating group) is 2. The molecule has 0 aliphatic heterocycles. The largest absolute Gasteiger partial charge is 0.382 e. The molecule has 0 saturated heterocycles. The van der Waals surface area contributed by atoms with Crippen molar-refractivity contribution in [1.82, 2.24) is 35.1 Å². The Morgan fingerprint density at radius 1 is 1.08 bits per heavy atom. The number of nitrogens with one attached hydrogen (secondary N) is 2. The number of amides is 2. The lowest BCUT2D eigenvalue weighted by Crippen LogP contribution is -2.36. The number of nitrogen functional groups attached to an aromatic ring is 1. The standard InChI is InChI=1S/C25H29N9O2/c1-15-6-5-7-17-12-18(13-30-24(35)21-22(26)28-9-8-27-21)23(32-20(15)17)33(3)10-11-34(4)25(36)19-14-29-16(2)31-19/h5-9,12,14H,10-11,13H2,1-4H3,(H2,26,28)(H,29,31)(H,30,35). The summed E-state index contributed by atoms with van der Waals surface area (Å²) in [6, 6.07) is 7.99. The molecule has 0 saturated carbocycles. The van der Waals surface area contributed by atoms with E-state index in [2.05, 4.69) is 25.3 Å². The minimum Gasteiger partial charge on any atom is -0.382 e. The summed E-state index contributed by atoms with van der Waals surface area (Å²) in [6.45, 7) is 5.02. The van der Waals surface area contributed by atoms with Gasteiger partial charge in [-0.05, 0) is 25.5 Å². The smallest absolute Gasteiger partial charge is 0.273 e. The number of fused-ring (bicyclic) bond motifs is 1. The van der Waals surface area contributed by atoms with Crippen LogP contribution >= 0.6 is 0 Å². The van der Waals surface area contributed by atoms with Crippen molar-refractivity contribution in [3.8, 4) is 0 Å². The molecule has 0 aliphatic rings. The summed E-state index contributed by atoms with van der Waals surface area (Å²) in [6.07, 6.45) is 4.40. The number of H-pyrrole nitrogens is 1. The lowest BCUT2D eigenvalue weighted by Gasteiger charge is -2.25. The third kappa shape index (κ3) is 5.24. The molecule has 11 nitrogen and oxygen atoms in total. The second-order valence-electron chi connectivity index (χ2n) is 8.62. The van der Waals surface area contributed by atoms with Crippen LogP contribution in [0.25, 0.3) is 10.9 Å². The quantitative estimate of drug-likeness (QED) is 0.342. The number of imidazole rings is 1. The molecule has 0 unspecified atom stereocenters. The Balaban J connectivity index is 1.55. The number of hydrogen-bond donors (Lipinski definition) is 3. The van der Waals surface area contributed by atoms with Gasteiger partial charge < -0.3 is 25.8 Å². The van der Waals surface area contributed by atoms with Crippen molar-refractivity contribution in [2.24, 2.45) is 0 Å². The summed E-state index contributed by atoms with van der Waals surface area (Å²) >= 11 is 0. The zero-order chi connectivity index (χ0) is 25.8. The van der Waals surface area contributed by atoms with E-state index in [4.69, 9.17) is 10.7 Å². The van der Waals surface area contributed by atoms with Crippen LogP contribution in [0.15, 0.2) is 42.9 Å². The van der Waals surface area contributed by atoms with E-state index in [-0.39, 0.29) is 24.0 Å². The third-order valence-corrected chi connectivity index (χ3v) is 5.90. The number of aromatic nitrogens is 5. The number of benzene rings is 1. The fourth-order valence-electron chi connectivity index (χ4n) is 3.87. The minimum atomic E-state index is -0.418. The van der Waals surface area contributed by atoms with Crippen molar-refractivity contribution in [3.05, 3.63) is 71.2 Å². The number of nitrogens with zero attached hydrogens (tertiary/aromatic N) is 6. The van der Waals surface area contributed by atoms with E-state index in [0.717, 1.165) is 22.0 Å². The van der Waals surface area contributed by atoms with Crippen molar-refractivity contribution in [2.45, 2.75) is 20.4 Å². The van der Waals surface area contributed by atoms with Crippen LogP contribution < -0.4 is 16.0 Å². The monoisotopic (exact) mass is 487 g/mol. The minimum absolute atomic E-state index is 0.0692. The summed E-state index contributed by atoms with van der Waals surface area (Å²) < 4.78 is 0. The van der Waals surface area contributed by atoms with E-state index >= 15 is 0 Å². The molecule has 0 bridgehead atoms. The molecule has 186 valence electrons. The molecule has 4 N–H and O–H groups in total. The van der Waals surface area contributed by atoms with E-state index in [1.807, 2.05) is 43.1 Å². The molecule has 0 aliphatic carbocycles. The summed E-state index contributed by atoms with van der Waals surface area (Å²) in [4.78, 5) is 48.9. The van der Waals surface area contributed by atoms with E-state index in [1.54, 1.807) is 18.9 Å². The molecular formula is C25H29N9O2.